The lowest BCUT2D eigenvalue weighted by atomic mass is 10.0. The minimum absolute atomic E-state index is 0.259. The predicted octanol–water partition coefficient (Wildman–Crippen LogP) is 4.68. The number of thioether (sulfide) groups is 1. The summed E-state index contributed by atoms with van der Waals surface area (Å²) in [5.74, 6) is 2.61. The maximum atomic E-state index is 10.4. The van der Waals surface area contributed by atoms with Crippen molar-refractivity contribution in [2.75, 3.05) is 12.4 Å². The van der Waals surface area contributed by atoms with Gasteiger partial charge in [-0.15, -0.1) is 21.5 Å². The molecule has 0 fully saturated rings. The molecular formula is C20H25N3O2S2. The molecule has 3 rings (SSSR count). The monoisotopic (exact) mass is 403 g/mol. The first-order valence-electron chi connectivity index (χ1n) is 9.09. The predicted molar refractivity (Wildman–Crippen MR) is 112 cm³/mol. The first-order chi connectivity index (χ1) is 13.1. The van der Waals surface area contributed by atoms with Crippen molar-refractivity contribution in [2.24, 2.45) is 0 Å². The number of ether oxygens (including phenoxy) is 1. The van der Waals surface area contributed by atoms with Crippen LogP contribution >= 0.6 is 23.1 Å². The van der Waals surface area contributed by atoms with Crippen molar-refractivity contribution < 1.29 is 9.84 Å². The standard InChI is InChI=1S/C20H25N3O2S2/c1-4-23-19(18-10-7-11-26-18)21-22-20(23)27-13-15(24)12-25-17-9-6-5-8-16(17)14(2)3/h5-11,14-15,24H,4,12-13H2,1-3H3/t15-/m0/s1. The molecule has 0 saturated carbocycles. The van der Waals surface area contributed by atoms with E-state index in [9.17, 15) is 5.11 Å². The molecular weight excluding hydrogens is 378 g/mol. The van der Waals surface area contributed by atoms with Crippen molar-refractivity contribution in [1.82, 2.24) is 14.8 Å². The quantitative estimate of drug-likeness (QED) is 0.526. The zero-order valence-corrected chi connectivity index (χ0v) is 17.5. The van der Waals surface area contributed by atoms with Crippen LogP contribution in [-0.2, 0) is 6.54 Å². The van der Waals surface area contributed by atoms with Crippen LogP contribution in [0, 0.1) is 0 Å². The number of para-hydroxylation sites is 1. The maximum Gasteiger partial charge on any atom is 0.191 e. The van der Waals surface area contributed by atoms with Crippen LogP contribution in [-0.4, -0.2) is 38.3 Å². The minimum atomic E-state index is -0.581. The fraction of sp³-hybridized carbons (Fsp3) is 0.400. The molecule has 0 radical (unpaired) electrons. The summed E-state index contributed by atoms with van der Waals surface area (Å²) in [6.07, 6.45) is -0.581. The lowest BCUT2D eigenvalue weighted by molar-refractivity contribution is 0.125. The molecule has 1 N–H and O–H groups in total. The van der Waals surface area contributed by atoms with E-state index in [1.165, 1.54) is 11.8 Å². The van der Waals surface area contributed by atoms with Gasteiger partial charge in [-0.2, -0.15) is 0 Å². The van der Waals surface area contributed by atoms with Gasteiger partial charge in [0.2, 0.25) is 0 Å². The number of hydrogen-bond acceptors (Lipinski definition) is 6. The van der Waals surface area contributed by atoms with E-state index in [4.69, 9.17) is 4.74 Å². The number of aliphatic hydroxyl groups excluding tert-OH is 1. The molecule has 0 aliphatic rings. The molecule has 1 aromatic carbocycles. The van der Waals surface area contributed by atoms with Crippen molar-refractivity contribution in [3.05, 3.63) is 47.3 Å². The van der Waals surface area contributed by atoms with Crippen LogP contribution < -0.4 is 4.74 Å². The second kappa shape index (κ2) is 9.39. The Kier molecular flexibility index (Phi) is 6.93. The molecule has 7 heteroatoms. The molecule has 27 heavy (non-hydrogen) atoms. The molecule has 5 nitrogen and oxygen atoms in total. The van der Waals surface area contributed by atoms with E-state index >= 15 is 0 Å². The fourth-order valence-electron chi connectivity index (χ4n) is 2.76. The summed E-state index contributed by atoms with van der Waals surface area (Å²) in [4.78, 5) is 1.10. The highest BCUT2D eigenvalue weighted by molar-refractivity contribution is 7.99. The Morgan fingerprint density at radius 1 is 1.19 bits per heavy atom. The summed E-state index contributed by atoms with van der Waals surface area (Å²) in [7, 11) is 0. The van der Waals surface area contributed by atoms with Gasteiger partial charge in [-0.25, -0.2) is 0 Å². The molecule has 0 aliphatic heterocycles. The normalized spacial score (nSPS) is 12.5. The first-order valence-corrected chi connectivity index (χ1v) is 11.0. The van der Waals surface area contributed by atoms with E-state index in [1.807, 2.05) is 35.7 Å². The number of nitrogens with zero attached hydrogens (tertiary/aromatic N) is 3. The van der Waals surface area contributed by atoms with E-state index < -0.39 is 6.10 Å². The molecule has 2 heterocycles. The summed E-state index contributed by atoms with van der Waals surface area (Å²) in [5.41, 5.74) is 1.16. The molecule has 3 aromatic rings. The molecule has 0 amide bonds. The van der Waals surface area contributed by atoms with Crippen LogP contribution in [0.25, 0.3) is 10.7 Å². The largest absolute Gasteiger partial charge is 0.491 e. The number of rotatable bonds is 9. The summed E-state index contributed by atoms with van der Waals surface area (Å²) in [6, 6.07) is 12.0. The lowest BCUT2D eigenvalue weighted by Gasteiger charge is -2.16. The lowest BCUT2D eigenvalue weighted by Crippen LogP contribution is -2.21. The Bertz CT molecular complexity index is 847. The smallest absolute Gasteiger partial charge is 0.191 e. The number of thiophene rings is 1. The molecule has 0 unspecified atom stereocenters. The molecule has 1 atom stereocenters. The van der Waals surface area contributed by atoms with Gasteiger partial charge in [-0.3, -0.25) is 0 Å². The maximum absolute atomic E-state index is 10.4. The van der Waals surface area contributed by atoms with Crippen LogP contribution in [0.1, 0.15) is 32.3 Å². The summed E-state index contributed by atoms with van der Waals surface area (Å²) in [5, 5.41) is 21.8. The van der Waals surface area contributed by atoms with Gasteiger partial charge in [0.15, 0.2) is 11.0 Å². The van der Waals surface area contributed by atoms with Crippen molar-refractivity contribution in [1.29, 1.82) is 0 Å². The van der Waals surface area contributed by atoms with Gasteiger partial charge in [-0.05, 0) is 35.9 Å². The van der Waals surface area contributed by atoms with E-state index in [2.05, 4.69) is 41.6 Å². The molecule has 0 aliphatic carbocycles. The van der Waals surface area contributed by atoms with Crippen LogP contribution in [0.15, 0.2) is 46.9 Å². The third kappa shape index (κ3) is 4.91. The van der Waals surface area contributed by atoms with Crippen molar-refractivity contribution in [3.63, 3.8) is 0 Å². The molecule has 0 saturated heterocycles. The van der Waals surface area contributed by atoms with Gasteiger partial charge in [0.25, 0.3) is 0 Å². The molecule has 0 spiro atoms. The van der Waals surface area contributed by atoms with Gasteiger partial charge in [-0.1, -0.05) is 49.9 Å². The molecule has 2 aromatic heterocycles. The minimum Gasteiger partial charge on any atom is -0.491 e. The molecule has 0 bridgehead atoms. The number of hydrogen-bond donors (Lipinski definition) is 1. The average molecular weight is 404 g/mol. The Balaban J connectivity index is 1.58. The SMILES string of the molecule is CCn1c(SC[C@@H](O)COc2ccccc2C(C)C)nnc1-c1cccs1. The van der Waals surface area contributed by atoms with Crippen LogP contribution in [0.3, 0.4) is 0 Å². The third-order valence-corrected chi connectivity index (χ3v) is 6.13. The zero-order valence-electron chi connectivity index (χ0n) is 15.8. The van der Waals surface area contributed by atoms with Gasteiger partial charge in [0, 0.05) is 12.3 Å². The van der Waals surface area contributed by atoms with Gasteiger partial charge in [0.05, 0.1) is 11.0 Å². The van der Waals surface area contributed by atoms with Crippen molar-refractivity contribution in [2.45, 2.75) is 44.5 Å². The van der Waals surface area contributed by atoms with E-state index in [1.54, 1.807) is 11.3 Å². The second-order valence-electron chi connectivity index (χ2n) is 6.50. The Morgan fingerprint density at radius 2 is 2.00 bits per heavy atom. The summed E-state index contributed by atoms with van der Waals surface area (Å²) >= 11 is 3.16. The van der Waals surface area contributed by atoms with Gasteiger partial charge < -0.3 is 14.4 Å². The van der Waals surface area contributed by atoms with Crippen LogP contribution in [0.4, 0.5) is 0 Å². The van der Waals surface area contributed by atoms with E-state index in [0.717, 1.165) is 33.7 Å². The fourth-order valence-corrected chi connectivity index (χ4v) is 4.39. The number of benzene rings is 1. The highest BCUT2D eigenvalue weighted by Gasteiger charge is 2.16. The van der Waals surface area contributed by atoms with E-state index in [0.29, 0.717) is 11.7 Å². The highest BCUT2D eigenvalue weighted by atomic mass is 32.2. The average Bonchev–Trinajstić information content (AvgIpc) is 3.33. The topological polar surface area (TPSA) is 60.2 Å². The first kappa shape index (κ1) is 19.9. The van der Waals surface area contributed by atoms with Crippen LogP contribution in [0.5, 0.6) is 5.75 Å². The molecule has 144 valence electrons. The van der Waals surface area contributed by atoms with Gasteiger partial charge >= 0.3 is 0 Å². The van der Waals surface area contributed by atoms with Crippen molar-refractivity contribution in [3.8, 4) is 16.5 Å². The Labute approximate surface area is 168 Å². The number of aliphatic hydroxyl groups is 1. The number of aromatic nitrogens is 3. The van der Waals surface area contributed by atoms with Crippen LogP contribution in [0.2, 0.25) is 0 Å². The Hall–Kier alpha value is -1.83. The highest BCUT2D eigenvalue weighted by Crippen LogP contribution is 2.28. The van der Waals surface area contributed by atoms with E-state index in [-0.39, 0.29) is 6.61 Å². The summed E-state index contributed by atoms with van der Waals surface area (Å²) in [6.45, 7) is 7.40. The zero-order chi connectivity index (χ0) is 19.2. The summed E-state index contributed by atoms with van der Waals surface area (Å²) < 4.78 is 7.95. The Morgan fingerprint density at radius 3 is 2.70 bits per heavy atom. The van der Waals surface area contributed by atoms with Gasteiger partial charge in [0.1, 0.15) is 12.4 Å². The van der Waals surface area contributed by atoms with Crippen molar-refractivity contribution >= 4 is 23.1 Å². The second-order valence-corrected chi connectivity index (χ2v) is 8.43. The third-order valence-electron chi connectivity index (χ3n) is 4.15.